The van der Waals surface area contributed by atoms with Gasteiger partial charge in [0.25, 0.3) is 0 Å². The predicted molar refractivity (Wildman–Crippen MR) is 64.8 cm³/mol. The molecule has 0 fully saturated rings. The average Bonchev–Trinajstić information content (AvgIpc) is 2.36. The van der Waals surface area contributed by atoms with Crippen molar-refractivity contribution in [2.75, 3.05) is 7.11 Å². The van der Waals surface area contributed by atoms with Crippen LogP contribution in [-0.2, 0) is 22.1 Å². The highest BCUT2D eigenvalue weighted by molar-refractivity contribution is 5.69. The van der Waals surface area contributed by atoms with Crippen molar-refractivity contribution in [1.29, 1.82) is 0 Å². The summed E-state index contributed by atoms with van der Waals surface area (Å²) in [5, 5.41) is 9.16. The number of methoxy groups -OCH3 is 1. The minimum Gasteiger partial charge on any atom is -0.508 e. The van der Waals surface area contributed by atoms with Crippen molar-refractivity contribution in [2.24, 2.45) is 0 Å². The number of aromatic hydroxyl groups is 1. The van der Waals surface area contributed by atoms with Gasteiger partial charge in [0, 0.05) is 6.42 Å². The highest BCUT2D eigenvalue weighted by atomic mass is 19.4. The maximum absolute atomic E-state index is 12.4. The Bertz CT molecular complexity index is 414. The van der Waals surface area contributed by atoms with E-state index in [1.165, 1.54) is 13.2 Å². The Morgan fingerprint density at radius 3 is 2.32 bits per heavy atom. The smallest absolute Gasteiger partial charge is 0.416 e. The number of carbonyl (C=O) groups is 1. The lowest BCUT2D eigenvalue weighted by Crippen LogP contribution is -2.06. The van der Waals surface area contributed by atoms with Gasteiger partial charge in [0.2, 0.25) is 0 Å². The molecular formula is C13H17F3O3. The number of ether oxygens (including phenoxy) is 1. The number of aryl methyl sites for hydroxylation is 1. The van der Waals surface area contributed by atoms with Gasteiger partial charge in [-0.3, -0.25) is 4.79 Å². The van der Waals surface area contributed by atoms with Gasteiger partial charge in [0.1, 0.15) is 5.75 Å². The number of halogens is 3. The van der Waals surface area contributed by atoms with E-state index in [-0.39, 0.29) is 18.4 Å². The molecule has 0 saturated heterocycles. The first kappa shape index (κ1) is 17.3. The highest BCUT2D eigenvalue weighted by Crippen LogP contribution is 2.32. The Kier molecular flexibility index (Phi) is 6.96. The monoisotopic (exact) mass is 278 g/mol. The van der Waals surface area contributed by atoms with Gasteiger partial charge in [0.15, 0.2) is 0 Å². The molecule has 0 aromatic heterocycles. The molecule has 0 aliphatic heterocycles. The molecule has 0 radical (unpaired) electrons. The Hall–Kier alpha value is -1.72. The highest BCUT2D eigenvalue weighted by Gasteiger charge is 2.31. The van der Waals surface area contributed by atoms with Crippen LogP contribution in [0.1, 0.15) is 31.4 Å². The van der Waals surface area contributed by atoms with Gasteiger partial charge >= 0.3 is 12.1 Å². The van der Waals surface area contributed by atoms with Gasteiger partial charge in [-0.15, -0.1) is 0 Å². The fraction of sp³-hybridized carbons (Fsp3) is 0.462. The van der Waals surface area contributed by atoms with Gasteiger partial charge in [-0.1, -0.05) is 13.8 Å². The zero-order valence-electron chi connectivity index (χ0n) is 11.0. The molecule has 1 aromatic rings. The molecule has 0 bridgehead atoms. The Morgan fingerprint density at radius 2 is 1.84 bits per heavy atom. The van der Waals surface area contributed by atoms with Crippen molar-refractivity contribution in [2.45, 2.75) is 32.9 Å². The van der Waals surface area contributed by atoms with Crippen LogP contribution in [0.15, 0.2) is 18.2 Å². The van der Waals surface area contributed by atoms with E-state index in [4.69, 9.17) is 5.11 Å². The van der Waals surface area contributed by atoms with E-state index in [1.807, 2.05) is 13.8 Å². The van der Waals surface area contributed by atoms with Crippen LogP contribution in [0, 0.1) is 0 Å². The summed E-state index contributed by atoms with van der Waals surface area (Å²) in [4.78, 5) is 10.8. The fourth-order valence-corrected chi connectivity index (χ4v) is 1.33. The van der Waals surface area contributed by atoms with Crippen LogP contribution in [0.5, 0.6) is 5.75 Å². The third-order valence-electron chi connectivity index (χ3n) is 2.15. The molecule has 0 amide bonds. The van der Waals surface area contributed by atoms with Crippen LogP contribution in [-0.4, -0.2) is 18.2 Å². The molecule has 0 aliphatic rings. The summed E-state index contributed by atoms with van der Waals surface area (Å²) < 4.78 is 41.6. The maximum Gasteiger partial charge on any atom is 0.416 e. The Balaban J connectivity index is 0.00000154. The molecular weight excluding hydrogens is 261 g/mol. The van der Waals surface area contributed by atoms with E-state index in [0.29, 0.717) is 6.07 Å². The van der Waals surface area contributed by atoms with E-state index in [0.717, 1.165) is 6.07 Å². The predicted octanol–water partition coefficient (Wildman–Crippen LogP) is 3.54. The van der Waals surface area contributed by atoms with Crippen LogP contribution in [0.25, 0.3) is 0 Å². The van der Waals surface area contributed by atoms with Gasteiger partial charge < -0.3 is 9.84 Å². The fourth-order valence-electron chi connectivity index (χ4n) is 1.33. The molecule has 0 spiro atoms. The largest absolute Gasteiger partial charge is 0.508 e. The number of hydrogen-bond acceptors (Lipinski definition) is 3. The standard InChI is InChI=1S/C11H11F3O3.C2H6/c1-17-10(16)3-2-7-4-8(11(12,13)14)6-9(15)5-7;1-2/h4-6,15H,2-3H2,1H3;1-2H3. The summed E-state index contributed by atoms with van der Waals surface area (Å²) in [6.45, 7) is 4.00. The number of alkyl halides is 3. The van der Waals surface area contributed by atoms with Crippen molar-refractivity contribution >= 4 is 5.97 Å². The van der Waals surface area contributed by atoms with E-state index >= 15 is 0 Å². The molecule has 1 N–H and O–H groups in total. The SMILES string of the molecule is CC.COC(=O)CCc1cc(O)cc(C(F)(F)F)c1. The number of hydrogen-bond donors (Lipinski definition) is 1. The zero-order valence-corrected chi connectivity index (χ0v) is 11.0. The second-order valence-corrected chi connectivity index (χ2v) is 3.46. The van der Waals surface area contributed by atoms with Crippen LogP contribution in [0.2, 0.25) is 0 Å². The first-order valence-electron chi connectivity index (χ1n) is 5.80. The molecule has 1 rings (SSSR count). The quantitative estimate of drug-likeness (QED) is 0.860. The number of carbonyl (C=O) groups excluding carboxylic acids is 1. The van der Waals surface area contributed by atoms with E-state index in [1.54, 1.807) is 0 Å². The molecule has 6 heteroatoms. The van der Waals surface area contributed by atoms with Crippen LogP contribution >= 0.6 is 0 Å². The van der Waals surface area contributed by atoms with Crippen LogP contribution in [0.4, 0.5) is 13.2 Å². The van der Waals surface area contributed by atoms with Gasteiger partial charge in [0.05, 0.1) is 12.7 Å². The molecule has 19 heavy (non-hydrogen) atoms. The number of phenolic OH excluding ortho intramolecular Hbond substituents is 1. The third-order valence-corrected chi connectivity index (χ3v) is 2.15. The first-order valence-corrected chi connectivity index (χ1v) is 5.80. The average molecular weight is 278 g/mol. The topological polar surface area (TPSA) is 46.5 Å². The number of rotatable bonds is 3. The van der Waals surface area contributed by atoms with Gasteiger partial charge in [-0.2, -0.15) is 13.2 Å². The minimum atomic E-state index is -4.52. The minimum absolute atomic E-state index is 0.0305. The summed E-state index contributed by atoms with van der Waals surface area (Å²) in [7, 11) is 1.20. The Labute approximate surface area is 110 Å². The van der Waals surface area contributed by atoms with Crippen molar-refractivity contribution in [3.63, 3.8) is 0 Å². The van der Waals surface area contributed by atoms with Crippen molar-refractivity contribution in [1.82, 2.24) is 0 Å². The molecule has 1 aromatic carbocycles. The van der Waals surface area contributed by atoms with Crippen LogP contribution < -0.4 is 0 Å². The molecule has 0 unspecified atom stereocenters. The molecule has 0 saturated carbocycles. The van der Waals surface area contributed by atoms with Crippen LogP contribution in [0.3, 0.4) is 0 Å². The lowest BCUT2D eigenvalue weighted by atomic mass is 10.1. The van der Waals surface area contributed by atoms with Gasteiger partial charge in [-0.05, 0) is 30.2 Å². The second kappa shape index (κ2) is 7.66. The molecule has 108 valence electrons. The molecule has 0 aliphatic carbocycles. The second-order valence-electron chi connectivity index (χ2n) is 3.46. The summed E-state index contributed by atoms with van der Waals surface area (Å²) in [5.41, 5.74) is -0.694. The summed E-state index contributed by atoms with van der Waals surface area (Å²) in [6, 6.07) is 2.74. The molecule has 0 heterocycles. The summed E-state index contributed by atoms with van der Waals surface area (Å²) in [6.07, 6.45) is -4.46. The number of benzene rings is 1. The van der Waals surface area contributed by atoms with Crippen molar-refractivity contribution < 1.29 is 27.8 Å². The van der Waals surface area contributed by atoms with Crippen molar-refractivity contribution in [3.8, 4) is 5.75 Å². The van der Waals surface area contributed by atoms with Gasteiger partial charge in [-0.25, -0.2) is 0 Å². The lowest BCUT2D eigenvalue weighted by Gasteiger charge is -2.09. The lowest BCUT2D eigenvalue weighted by molar-refractivity contribution is -0.140. The zero-order chi connectivity index (χ0) is 15.1. The van der Waals surface area contributed by atoms with E-state index in [9.17, 15) is 18.0 Å². The van der Waals surface area contributed by atoms with E-state index < -0.39 is 23.5 Å². The maximum atomic E-state index is 12.4. The Morgan fingerprint density at radius 1 is 1.26 bits per heavy atom. The summed E-state index contributed by atoms with van der Waals surface area (Å²) >= 11 is 0. The normalized spacial score (nSPS) is 10.4. The summed E-state index contributed by atoms with van der Waals surface area (Å²) in [5.74, 6) is -0.985. The number of phenols is 1. The number of esters is 1. The molecule has 0 atom stereocenters. The third kappa shape index (κ3) is 6.13. The molecule has 3 nitrogen and oxygen atoms in total. The van der Waals surface area contributed by atoms with Crippen molar-refractivity contribution in [3.05, 3.63) is 29.3 Å². The van der Waals surface area contributed by atoms with E-state index in [2.05, 4.69) is 4.74 Å². The first-order chi connectivity index (χ1) is 8.82.